The smallest absolute Gasteiger partial charge is 0.265 e. The molecule has 0 aliphatic carbocycles. The van der Waals surface area contributed by atoms with Crippen LogP contribution in [0.4, 0.5) is 5.69 Å². The van der Waals surface area contributed by atoms with E-state index in [1.54, 1.807) is 40.5 Å². The SMILES string of the molecule is Cc1nc(-c2ccc3c(c2)N(CCN2C(=O)c4ccccc4C2=O)C(=O)CO3)c(C)s1. The fourth-order valence-corrected chi connectivity index (χ4v) is 4.87. The maximum absolute atomic E-state index is 12.7. The first kappa shape index (κ1) is 19.4. The number of anilines is 1. The van der Waals surface area contributed by atoms with Gasteiger partial charge >= 0.3 is 0 Å². The summed E-state index contributed by atoms with van der Waals surface area (Å²) >= 11 is 1.62. The van der Waals surface area contributed by atoms with Gasteiger partial charge in [0.25, 0.3) is 17.7 Å². The van der Waals surface area contributed by atoms with E-state index < -0.39 is 0 Å². The molecular weight excluding hydrogens is 414 g/mol. The molecule has 0 unspecified atom stereocenters. The lowest BCUT2D eigenvalue weighted by Crippen LogP contribution is -2.44. The Kier molecular flexibility index (Phi) is 4.59. The van der Waals surface area contributed by atoms with Gasteiger partial charge in [-0.2, -0.15) is 0 Å². The van der Waals surface area contributed by atoms with Crippen LogP contribution in [0.2, 0.25) is 0 Å². The van der Waals surface area contributed by atoms with E-state index in [0.717, 1.165) is 21.1 Å². The largest absolute Gasteiger partial charge is 0.482 e. The van der Waals surface area contributed by atoms with E-state index in [1.165, 1.54) is 4.90 Å². The number of fused-ring (bicyclic) bond motifs is 2. The highest BCUT2D eigenvalue weighted by Crippen LogP contribution is 2.37. The van der Waals surface area contributed by atoms with Crippen molar-refractivity contribution in [2.24, 2.45) is 0 Å². The number of hydrogen-bond acceptors (Lipinski definition) is 6. The van der Waals surface area contributed by atoms with Crippen LogP contribution in [0.1, 0.15) is 30.6 Å². The second-order valence-corrected chi connectivity index (χ2v) is 8.87. The molecule has 5 rings (SSSR count). The van der Waals surface area contributed by atoms with E-state index in [9.17, 15) is 14.4 Å². The van der Waals surface area contributed by atoms with Crippen LogP contribution in [0, 0.1) is 13.8 Å². The molecule has 3 aromatic rings. The number of benzene rings is 2. The molecule has 31 heavy (non-hydrogen) atoms. The Hall–Kier alpha value is -3.52. The van der Waals surface area contributed by atoms with E-state index in [2.05, 4.69) is 4.98 Å². The second kappa shape index (κ2) is 7.31. The first-order valence-corrected chi connectivity index (χ1v) is 10.7. The molecule has 0 radical (unpaired) electrons. The Bertz CT molecular complexity index is 1210. The number of rotatable bonds is 4. The van der Waals surface area contributed by atoms with Gasteiger partial charge < -0.3 is 9.64 Å². The van der Waals surface area contributed by atoms with Crippen molar-refractivity contribution in [3.63, 3.8) is 0 Å². The summed E-state index contributed by atoms with van der Waals surface area (Å²) < 4.78 is 5.60. The molecule has 0 saturated heterocycles. The van der Waals surface area contributed by atoms with Crippen LogP contribution in [-0.2, 0) is 4.79 Å². The number of amides is 3. The van der Waals surface area contributed by atoms with Gasteiger partial charge in [0, 0.05) is 23.5 Å². The van der Waals surface area contributed by atoms with Crippen LogP contribution in [0.3, 0.4) is 0 Å². The number of carbonyl (C=O) groups excluding carboxylic acids is 3. The van der Waals surface area contributed by atoms with Gasteiger partial charge in [0.05, 0.1) is 27.5 Å². The minimum Gasteiger partial charge on any atom is -0.482 e. The summed E-state index contributed by atoms with van der Waals surface area (Å²) in [6.07, 6.45) is 0. The molecule has 7 nitrogen and oxygen atoms in total. The van der Waals surface area contributed by atoms with Crippen molar-refractivity contribution in [2.75, 3.05) is 24.6 Å². The first-order valence-electron chi connectivity index (χ1n) is 9.91. The molecule has 2 aromatic carbocycles. The van der Waals surface area contributed by atoms with Crippen molar-refractivity contribution in [3.05, 3.63) is 63.5 Å². The number of aromatic nitrogens is 1. The van der Waals surface area contributed by atoms with E-state index in [-0.39, 0.29) is 37.4 Å². The fraction of sp³-hybridized carbons (Fsp3) is 0.217. The van der Waals surface area contributed by atoms with Gasteiger partial charge in [-0.15, -0.1) is 11.3 Å². The molecule has 0 fully saturated rings. The zero-order valence-electron chi connectivity index (χ0n) is 17.0. The summed E-state index contributed by atoms with van der Waals surface area (Å²) in [6.45, 7) is 4.20. The maximum atomic E-state index is 12.7. The van der Waals surface area contributed by atoms with Crippen LogP contribution in [0.15, 0.2) is 42.5 Å². The van der Waals surface area contributed by atoms with Gasteiger partial charge in [0.1, 0.15) is 5.75 Å². The quantitative estimate of drug-likeness (QED) is 0.589. The van der Waals surface area contributed by atoms with Gasteiger partial charge in [-0.05, 0) is 44.2 Å². The lowest BCUT2D eigenvalue weighted by Gasteiger charge is -2.30. The summed E-state index contributed by atoms with van der Waals surface area (Å²) in [6, 6.07) is 12.4. The van der Waals surface area contributed by atoms with Gasteiger partial charge in [0.15, 0.2) is 6.61 Å². The molecule has 3 amide bonds. The van der Waals surface area contributed by atoms with E-state index in [0.29, 0.717) is 22.6 Å². The van der Waals surface area contributed by atoms with Gasteiger partial charge in [-0.1, -0.05) is 12.1 Å². The second-order valence-electron chi connectivity index (χ2n) is 7.46. The van der Waals surface area contributed by atoms with Crippen molar-refractivity contribution >= 4 is 34.7 Å². The normalized spacial score (nSPS) is 15.2. The minimum absolute atomic E-state index is 0.0801. The highest BCUT2D eigenvalue weighted by molar-refractivity contribution is 7.11. The number of imide groups is 1. The highest BCUT2D eigenvalue weighted by atomic mass is 32.1. The standard InChI is InChI=1S/C23H19N3O4S/c1-13-21(24-14(2)31-13)15-7-8-19-18(11-15)25(20(27)12-30-19)9-10-26-22(28)16-5-3-4-6-17(16)23(26)29/h3-8,11H,9-10,12H2,1-2H3. The molecule has 8 heteroatoms. The summed E-state index contributed by atoms with van der Waals surface area (Å²) in [7, 11) is 0. The third kappa shape index (κ3) is 3.19. The fourth-order valence-electron chi connectivity index (χ4n) is 4.03. The van der Waals surface area contributed by atoms with Gasteiger partial charge in [-0.3, -0.25) is 19.3 Å². The summed E-state index contributed by atoms with van der Waals surface area (Å²) in [5.74, 6) is -0.282. The molecule has 156 valence electrons. The van der Waals surface area contributed by atoms with Crippen molar-refractivity contribution < 1.29 is 19.1 Å². The van der Waals surface area contributed by atoms with Crippen LogP contribution in [0.25, 0.3) is 11.3 Å². The average molecular weight is 433 g/mol. The van der Waals surface area contributed by atoms with E-state index >= 15 is 0 Å². The molecule has 2 aliphatic rings. The number of nitrogens with zero attached hydrogens (tertiary/aromatic N) is 3. The van der Waals surface area contributed by atoms with Gasteiger partial charge in [-0.25, -0.2) is 4.98 Å². The molecule has 0 N–H and O–H groups in total. The van der Waals surface area contributed by atoms with Crippen molar-refractivity contribution in [3.8, 4) is 17.0 Å². The first-order chi connectivity index (χ1) is 14.9. The predicted molar refractivity (Wildman–Crippen MR) is 117 cm³/mol. The van der Waals surface area contributed by atoms with Crippen molar-refractivity contribution in [1.82, 2.24) is 9.88 Å². The summed E-state index contributed by atoms with van der Waals surface area (Å²) in [5, 5.41) is 0.972. The molecular formula is C23H19N3O4S. The number of ether oxygens (including phenoxy) is 1. The monoisotopic (exact) mass is 433 g/mol. The molecule has 3 heterocycles. The Morgan fingerprint density at radius 3 is 2.29 bits per heavy atom. The molecule has 0 saturated carbocycles. The molecule has 0 bridgehead atoms. The summed E-state index contributed by atoms with van der Waals surface area (Å²) in [5.41, 5.74) is 3.19. The van der Waals surface area contributed by atoms with Crippen LogP contribution in [0.5, 0.6) is 5.75 Å². The number of hydrogen-bond donors (Lipinski definition) is 0. The highest BCUT2D eigenvalue weighted by Gasteiger charge is 2.36. The minimum atomic E-state index is -0.330. The van der Waals surface area contributed by atoms with Crippen molar-refractivity contribution in [1.29, 1.82) is 0 Å². The zero-order chi connectivity index (χ0) is 21.7. The summed E-state index contributed by atoms with van der Waals surface area (Å²) in [4.78, 5) is 46.5. The van der Waals surface area contributed by atoms with Crippen LogP contribution in [-0.4, -0.2) is 47.3 Å². The van der Waals surface area contributed by atoms with Gasteiger partial charge in [0.2, 0.25) is 0 Å². The van der Waals surface area contributed by atoms with Crippen molar-refractivity contribution in [2.45, 2.75) is 13.8 Å². The predicted octanol–water partition coefficient (Wildman–Crippen LogP) is 3.45. The number of carbonyl (C=O) groups is 3. The Morgan fingerprint density at radius 1 is 0.968 bits per heavy atom. The molecule has 0 atom stereocenters. The van der Waals surface area contributed by atoms with E-state index in [1.807, 2.05) is 32.0 Å². The molecule has 0 spiro atoms. The number of aryl methyl sites for hydroxylation is 2. The van der Waals surface area contributed by atoms with E-state index in [4.69, 9.17) is 4.74 Å². The Morgan fingerprint density at radius 2 is 1.65 bits per heavy atom. The number of thiazole rings is 1. The molecule has 1 aromatic heterocycles. The Balaban J connectivity index is 1.43. The lowest BCUT2D eigenvalue weighted by atomic mass is 10.1. The average Bonchev–Trinajstić information content (AvgIpc) is 3.23. The maximum Gasteiger partial charge on any atom is 0.265 e. The third-order valence-corrected chi connectivity index (χ3v) is 6.39. The lowest BCUT2D eigenvalue weighted by molar-refractivity contribution is -0.121. The zero-order valence-corrected chi connectivity index (χ0v) is 17.9. The third-order valence-electron chi connectivity index (χ3n) is 5.50. The molecule has 2 aliphatic heterocycles. The van der Waals surface area contributed by atoms with Crippen LogP contribution < -0.4 is 9.64 Å². The Labute approximate surface area is 182 Å². The topological polar surface area (TPSA) is 79.8 Å². The van der Waals surface area contributed by atoms with Crippen LogP contribution >= 0.6 is 11.3 Å².